The molecule has 0 saturated carbocycles. The molecule has 0 aliphatic carbocycles. The number of hydrogen-bond acceptors (Lipinski definition) is 5. The minimum absolute atomic E-state index is 0.572. The van der Waals surface area contributed by atoms with Crippen molar-refractivity contribution in [2.45, 2.75) is 13.0 Å². The number of nitrogens with one attached hydrogen (secondary N) is 2. The van der Waals surface area contributed by atoms with Crippen molar-refractivity contribution >= 4 is 11.8 Å². The third-order valence-corrected chi connectivity index (χ3v) is 4.51. The van der Waals surface area contributed by atoms with Gasteiger partial charge in [-0.05, 0) is 24.1 Å². The summed E-state index contributed by atoms with van der Waals surface area (Å²) in [5.41, 5.74) is 4.18. The van der Waals surface area contributed by atoms with Crippen LogP contribution in [0, 0.1) is 0 Å². The molecule has 2 aromatic heterocycles. The minimum Gasteiger partial charge on any atom is -0.370 e. The van der Waals surface area contributed by atoms with Crippen LogP contribution in [0.15, 0.2) is 91.1 Å². The maximum Gasteiger partial charge on any atom is 0.225 e. The molecule has 5 heteroatoms. The predicted octanol–water partition coefficient (Wildman–Crippen LogP) is 4.81. The highest BCUT2D eigenvalue weighted by Gasteiger charge is 2.07. The first kappa shape index (κ1) is 18.6. The lowest BCUT2D eigenvalue weighted by Crippen LogP contribution is -2.10. The van der Waals surface area contributed by atoms with Crippen molar-refractivity contribution in [3.63, 3.8) is 0 Å². The zero-order valence-corrected chi connectivity index (χ0v) is 16.1. The van der Waals surface area contributed by atoms with Gasteiger partial charge < -0.3 is 10.6 Å². The van der Waals surface area contributed by atoms with Crippen molar-refractivity contribution in [1.82, 2.24) is 15.0 Å². The largest absolute Gasteiger partial charge is 0.370 e. The molecule has 0 saturated heterocycles. The van der Waals surface area contributed by atoms with Crippen LogP contribution in [0.2, 0.25) is 0 Å². The van der Waals surface area contributed by atoms with Crippen LogP contribution in [0.5, 0.6) is 0 Å². The van der Waals surface area contributed by atoms with Gasteiger partial charge in [-0.2, -0.15) is 4.98 Å². The first-order chi connectivity index (χ1) is 14.4. The molecule has 0 spiro atoms. The van der Waals surface area contributed by atoms with E-state index in [4.69, 9.17) is 4.98 Å². The van der Waals surface area contributed by atoms with Crippen LogP contribution in [-0.4, -0.2) is 21.5 Å². The van der Waals surface area contributed by atoms with Crippen LogP contribution in [0.1, 0.15) is 11.3 Å². The summed E-state index contributed by atoms with van der Waals surface area (Å²) >= 11 is 0. The normalized spacial score (nSPS) is 10.5. The highest BCUT2D eigenvalue weighted by atomic mass is 15.1. The highest BCUT2D eigenvalue weighted by Crippen LogP contribution is 2.21. The summed E-state index contributed by atoms with van der Waals surface area (Å²) in [5.74, 6) is 1.39. The smallest absolute Gasteiger partial charge is 0.225 e. The summed E-state index contributed by atoms with van der Waals surface area (Å²) < 4.78 is 0. The Labute approximate surface area is 170 Å². The summed E-state index contributed by atoms with van der Waals surface area (Å²) in [6.45, 7) is 1.37. The van der Waals surface area contributed by atoms with Crippen molar-refractivity contribution in [2.24, 2.45) is 0 Å². The predicted molar refractivity (Wildman–Crippen MR) is 118 cm³/mol. The van der Waals surface area contributed by atoms with E-state index < -0.39 is 0 Å². The molecule has 0 aliphatic heterocycles. The molecule has 0 fully saturated rings. The molecule has 144 valence electrons. The van der Waals surface area contributed by atoms with Gasteiger partial charge >= 0.3 is 0 Å². The summed E-state index contributed by atoms with van der Waals surface area (Å²) in [6.07, 6.45) is 2.72. The fourth-order valence-corrected chi connectivity index (χ4v) is 3.03. The van der Waals surface area contributed by atoms with E-state index in [1.54, 1.807) is 6.20 Å². The van der Waals surface area contributed by atoms with Gasteiger partial charge in [0, 0.05) is 24.4 Å². The van der Waals surface area contributed by atoms with Crippen LogP contribution in [-0.2, 0) is 13.0 Å². The SMILES string of the molecule is c1ccc(CCNc2cc(-c3ccccc3)nc(NCc3ccccn3)n2)cc1. The Morgan fingerprint density at radius 3 is 2.24 bits per heavy atom. The van der Waals surface area contributed by atoms with Crippen LogP contribution < -0.4 is 10.6 Å². The molecule has 0 aliphatic rings. The number of anilines is 2. The molecule has 4 aromatic rings. The number of benzene rings is 2. The average Bonchev–Trinajstić information content (AvgIpc) is 2.80. The average molecular weight is 381 g/mol. The lowest BCUT2D eigenvalue weighted by Gasteiger charge is -2.11. The van der Waals surface area contributed by atoms with Crippen LogP contribution in [0.4, 0.5) is 11.8 Å². The highest BCUT2D eigenvalue weighted by molar-refractivity contribution is 5.64. The van der Waals surface area contributed by atoms with E-state index in [1.165, 1.54) is 5.56 Å². The number of aromatic nitrogens is 3. The van der Waals surface area contributed by atoms with E-state index >= 15 is 0 Å². The first-order valence-corrected chi connectivity index (χ1v) is 9.73. The second kappa shape index (κ2) is 9.46. The topological polar surface area (TPSA) is 62.7 Å². The number of pyridine rings is 1. The number of nitrogens with zero attached hydrogens (tertiary/aromatic N) is 3. The molecular formula is C24H23N5. The second-order valence-corrected chi connectivity index (χ2v) is 6.67. The van der Waals surface area contributed by atoms with Gasteiger partial charge in [-0.25, -0.2) is 4.98 Å². The van der Waals surface area contributed by atoms with Gasteiger partial charge in [-0.3, -0.25) is 4.98 Å². The van der Waals surface area contributed by atoms with Gasteiger partial charge in [-0.1, -0.05) is 66.7 Å². The Hall–Kier alpha value is -3.73. The van der Waals surface area contributed by atoms with E-state index in [-0.39, 0.29) is 0 Å². The molecule has 2 aromatic carbocycles. The fourth-order valence-electron chi connectivity index (χ4n) is 3.03. The van der Waals surface area contributed by atoms with Crippen molar-refractivity contribution < 1.29 is 0 Å². The fraction of sp³-hybridized carbons (Fsp3) is 0.125. The van der Waals surface area contributed by atoms with Crippen molar-refractivity contribution in [1.29, 1.82) is 0 Å². The zero-order valence-electron chi connectivity index (χ0n) is 16.1. The third kappa shape index (κ3) is 5.39. The summed E-state index contributed by atoms with van der Waals surface area (Å²) in [6, 6.07) is 28.4. The van der Waals surface area contributed by atoms with Crippen molar-refractivity contribution in [3.8, 4) is 11.3 Å². The van der Waals surface area contributed by atoms with Crippen LogP contribution in [0.25, 0.3) is 11.3 Å². The molecular weight excluding hydrogens is 358 g/mol. The number of rotatable bonds is 8. The van der Waals surface area contributed by atoms with E-state index in [1.807, 2.05) is 48.5 Å². The standard InChI is InChI=1S/C24H23N5/c1-3-9-19(10-4-1)14-16-26-23-17-22(20-11-5-2-6-12-20)28-24(29-23)27-18-21-13-7-8-15-25-21/h1-13,15,17H,14,16,18H2,(H2,26,27,28,29). The Bertz CT molecular complexity index is 1020. The molecule has 0 amide bonds. The van der Waals surface area contributed by atoms with Crippen molar-refractivity contribution in [2.75, 3.05) is 17.2 Å². The molecule has 4 rings (SSSR count). The van der Waals surface area contributed by atoms with Gasteiger partial charge in [-0.15, -0.1) is 0 Å². The Morgan fingerprint density at radius 1 is 0.724 bits per heavy atom. The Balaban J connectivity index is 1.51. The van der Waals surface area contributed by atoms with E-state index in [2.05, 4.69) is 57.0 Å². The molecule has 0 radical (unpaired) electrons. The van der Waals surface area contributed by atoms with Gasteiger partial charge in [0.05, 0.1) is 17.9 Å². The Kier molecular flexibility index (Phi) is 6.08. The van der Waals surface area contributed by atoms with E-state index in [0.29, 0.717) is 12.5 Å². The number of hydrogen-bond donors (Lipinski definition) is 2. The quantitative estimate of drug-likeness (QED) is 0.459. The zero-order chi connectivity index (χ0) is 19.7. The molecule has 2 heterocycles. The maximum atomic E-state index is 4.69. The van der Waals surface area contributed by atoms with Gasteiger partial charge in [0.2, 0.25) is 5.95 Å². The monoisotopic (exact) mass is 381 g/mol. The van der Waals surface area contributed by atoms with Gasteiger partial charge in [0.15, 0.2) is 0 Å². The summed E-state index contributed by atoms with van der Waals surface area (Å²) in [7, 11) is 0. The van der Waals surface area contributed by atoms with Crippen LogP contribution in [0.3, 0.4) is 0 Å². The van der Waals surface area contributed by atoms with Crippen LogP contribution >= 0.6 is 0 Å². The van der Waals surface area contributed by atoms with Crippen molar-refractivity contribution in [3.05, 3.63) is 102 Å². The minimum atomic E-state index is 0.572. The molecule has 2 N–H and O–H groups in total. The summed E-state index contributed by atoms with van der Waals surface area (Å²) in [4.78, 5) is 13.7. The third-order valence-electron chi connectivity index (χ3n) is 4.51. The Morgan fingerprint density at radius 2 is 1.48 bits per heavy atom. The molecule has 0 bridgehead atoms. The van der Waals surface area contributed by atoms with Gasteiger partial charge in [0.1, 0.15) is 5.82 Å². The molecule has 5 nitrogen and oxygen atoms in total. The molecule has 0 unspecified atom stereocenters. The lowest BCUT2D eigenvalue weighted by molar-refractivity contribution is 0.980. The lowest BCUT2D eigenvalue weighted by atomic mass is 10.1. The van der Waals surface area contributed by atoms with Gasteiger partial charge in [0.25, 0.3) is 0 Å². The first-order valence-electron chi connectivity index (χ1n) is 9.73. The summed E-state index contributed by atoms with van der Waals surface area (Å²) in [5, 5.41) is 6.73. The second-order valence-electron chi connectivity index (χ2n) is 6.67. The van der Waals surface area contributed by atoms with E-state index in [9.17, 15) is 0 Å². The maximum absolute atomic E-state index is 4.69. The molecule has 0 atom stereocenters. The molecule has 29 heavy (non-hydrogen) atoms. The van der Waals surface area contributed by atoms with E-state index in [0.717, 1.165) is 35.7 Å².